The van der Waals surface area contributed by atoms with Crippen LogP contribution >= 0.6 is 0 Å². The summed E-state index contributed by atoms with van der Waals surface area (Å²) >= 11 is -0.750. The van der Waals surface area contributed by atoms with E-state index in [0.29, 0.717) is 17.8 Å². The number of ether oxygens (including phenoxy) is 2. The average molecular weight is 398 g/mol. The lowest BCUT2D eigenvalue weighted by Gasteiger charge is -2.08. The lowest BCUT2D eigenvalue weighted by atomic mass is 10.1. The third-order valence-electron chi connectivity index (χ3n) is 4.18. The summed E-state index contributed by atoms with van der Waals surface area (Å²) in [6.07, 6.45) is 0.542. The lowest BCUT2D eigenvalue weighted by Crippen LogP contribution is -2.05. The Balaban J connectivity index is 0.000000604. The molecular weight excluding hydrogens is 384 g/mol. The van der Waals surface area contributed by atoms with Gasteiger partial charge in [-0.15, -0.1) is 5.10 Å². The van der Waals surface area contributed by atoms with Crippen LogP contribution in [0.1, 0.15) is 11.4 Å². The van der Waals surface area contributed by atoms with Gasteiger partial charge in [0, 0.05) is 17.5 Å². The number of fused-ring (bicyclic) bond motifs is 4. The quantitative estimate of drug-likeness (QED) is 0.473. The Morgan fingerprint density at radius 3 is 2.64 bits per heavy atom. The number of nitrogen functional groups attached to an aromatic ring is 2. The van der Waals surface area contributed by atoms with Crippen LogP contribution in [0, 0.1) is 0 Å². The standard InChI is InChI=1S/C17H14N6O2.O2S/c18-10-2-3-11-12(7-10)20-15(23-16(11)21-17(19)22-23)6-9-1-4-13-14(5-9)25-8-24-13;1-3-2/h1-5,7H,6,8,18H2,(H2,19,22);. The fourth-order valence-corrected chi connectivity index (χ4v) is 3.05. The highest BCUT2D eigenvalue weighted by Gasteiger charge is 2.16. The van der Waals surface area contributed by atoms with Crippen molar-refractivity contribution in [3.8, 4) is 11.5 Å². The first kappa shape index (κ1) is 17.7. The van der Waals surface area contributed by atoms with Gasteiger partial charge in [0.15, 0.2) is 17.1 Å². The highest BCUT2D eigenvalue weighted by Crippen LogP contribution is 2.33. The van der Waals surface area contributed by atoms with E-state index < -0.39 is 11.6 Å². The van der Waals surface area contributed by atoms with E-state index in [1.165, 1.54) is 0 Å². The van der Waals surface area contributed by atoms with Crippen molar-refractivity contribution in [2.45, 2.75) is 6.42 Å². The second kappa shape index (κ2) is 7.12. The van der Waals surface area contributed by atoms with E-state index in [1.807, 2.05) is 36.4 Å². The zero-order chi connectivity index (χ0) is 19.7. The van der Waals surface area contributed by atoms with E-state index in [-0.39, 0.29) is 12.7 Å². The lowest BCUT2D eigenvalue weighted by molar-refractivity contribution is 0.174. The molecule has 4 aromatic rings. The van der Waals surface area contributed by atoms with Gasteiger partial charge < -0.3 is 20.9 Å². The molecule has 0 atom stereocenters. The van der Waals surface area contributed by atoms with Gasteiger partial charge in [0.1, 0.15) is 5.82 Å². The number of rotatable bonds is 2. The Hall–Kier alpha value is -3.73. The Morgan fingerprint density at radius 2 is 1.82 bits per heavy atom. The molecule has 0 bridgehead atoms. The fraction of sp³-hybridized carbons (Fsp3) is 0.118. The number of benzene rings is 2. The van der Waals surface area contributed by atoms with Crippen LogP contribution in [0.25, 0.3) is 16.6 Å². The number of nitrogens with zero attached hydrogens (tertiary/aromatic N) is 4. The smallest absolute Gasteiger partial charge is 0.335 e. The molecule has 3 heterocycles. The van der Waals surface area contributed by atoms with Gasteiger partial charge in [0.2, 0.25) is 12.7 Å². The maximum absolute atomic E-state index is 8.29. The maximum atomic E-state index is 8.29. The molecule has 0 radical (unpaired) electrons. The van der Waals surface area contributed by atoms with Crippen molar-refractivity contribution in [3.63, 3.8) is 0 Å². The van der Waals surface area contributed by atoms with Crippen molar-refractivity contribution in [3.05, 3.63) is 47.8 Å². The molecule has 5 rings (SSSR count). The summed E-state index contributed by atoms with van der Waals surface area (Å²) in [5.41, 5.74) is 14.8. The third-order valence-corrected chi connectivity index (χ3v) is 4.18. The largest absolute Gasteiger partial charge is 0.454 e. The molecular formula is C17H14N6O4S. The summed E-state index contributed by atoms with van der Waals surface area (Å²) in [4.78, 5) is 9.05. The van der Waals surface area contributed by atoms with E-state index in [4.69, 9.17) is 34.3 Å². The van der Waals surface area contributed by atoms with Crippen molar-refractivity contribution in [1.82, 2.24) is 19.6 Å². The van der Waals surface area contributed by atoms with E-state index in [0.717, 1.165) is 33.8 Å². The van der Waals surface area contributed by atoms with Crippen LogP contribution in [-0.4, -0.2) is 34.8 Å². The SMILES string of the molecule is Nc1ccc2c(c1)nc(Cc1ccc3c(c1)OCO3)n1nc(N)nc21.O=S=O. The molecule has 1 aliphatic rings. The molecule has 0 amide bonds. The second-order valence-corrected chi connectivity index (χ2v) is 6.08. The Labute approximate surface area is 161 Å². The summed E-state index contributed by atoms with van der Waals surface area (Å²) in [7, 11) is 0. The molecule has 2 aromatic carbocycles. The molecule has 28 heavy (non-hydrogen) atoms. The van der Waals surface area contributed by atoms with Crippen molar-refractivity contribution >= 4 is 39.8 Å². The van der Waals surface area contributed by atoms with Crippen molar-refractivity contribution < 1.29 is 17.9 Å². The molecule has 4 N–H and O–H groups in total. The third kappa shape index (κ3) is 3.18. The van der Waals surface area contributed by atoms with Crippen LogP contribution in [-0.2, 0) is 18.0 Å². The van der Waals surface area contributed by atoms with Crippen molar-refractivity contribution in [1.29, 1.82) is 0 Å². The molecule has 2 aromatic heterocycles. The molecule has 0 saturated carbocycles. The second-order valence-electron chi connectivity index (χ2n) is 5.94. The molecule has 1 aliphatic heterocycles. The zero-order valence-corrected chi connectivity index (χ0v) is 15.2. The molecule has 0 fully saturated rings. The number of anilines is 2. The minimum Gasteiger partial charge on any atom is -0.454 e. The zero-order valence-electron chi connectivity index (χ0n) is 14.4. The molecule has 0 unspecified atom stereocenters. The van der Waals surface area contributed by atoms with E-state index >= 15 is 0 Å². The minimum atomic E-state index is -0.750. The maximum Gasteiger partial charge on any atom is 0.335 e. The first-order chi connectivity index (χ1) is 13.6. The summed E-state index contributed by atoms with van der Waals surface area (Å²) in [6, 6.07) is 11.3. The van der Waals surface area contributed by atoms with Gasteiger partial charge in [-0.3, -0.25) is 0 Å². The predicted octanol–water partition coefficient (Wildman–Crippen LogP) is 1.09. The number of hydrogen-bond donors (Lipinski definition) is 2. The normalized spacial score (nSPS) is 12.0. The van der Waals surface area contributed by atoms with Gasteiger partial charge >= 0.3 is 11.6 Å². The van der Waals surface area contributed by atoms with Gasteiger partial charge in [-0.25, -0.2) is 4.98 Å². The number of hydrogen-bond acceptors (Lipinski definition) is 9. The van der Waals surface area contributed by atoms with Gasteiger partial charge in [0.25, 0.3) is 0 Å². The Bertz CT molecular complexity index is 1240. The minimum absolute atomic E-state index is 0.207. The highest BCUT2D eigenvalue weighted by atomic mass is 32.1. The van der Waals surface area contributed by atoms with Crippen LogP contribution in [0.15, 0.2) is 36.4 Å². The monoisotopic (exact) mass is 398 g/mol. The topological polar surface area (TPSA) is 148 Å². The Morgan fingerprint density at radius 1 is 1.04 bits per heavy atom. The first-order valence-corrected chi connectivity index (χ1v) is 8.76. The van der Waals surface area contributed by atoms with Crippen LogP contribution in [0.4, 0.5) is 11.6 Å². The van der Waals surface area contributed by atoms with Crippen molar-refractivity contribution in [2.75, 3.05) is 18.3 Å². The average Bonchev–Trinajstić information content (AvgIpc) is 3.28. The Kier molecular flexibility index (Phi) is 4.49. The fourth-order valence-electron chi connectivity index (χ4n) is 3.05. The number of aromatic nitrogens is 4. The van der Waals surface area contributed by atoms with Gasteiger partial charge in [-0.1, -0.05) is 6.07 Å². The molecule has 10 nitrogen and oxygen atoms in total. The van der Waals surface area contributed by atoms with Crippen LogP contribution in [0.3, 0.4) is 0 Å². The van der Waals surface area contributed by atoms with E-state index in [1.54, 1.807) is 4.52 Å². The van der Waals surface area contributed by atoms with Crippen LogP contribution in [0.5, 0.6) is 11.5 Å². The number of nitrogens with two attached hydrogens (primary N) is 2. The predicted molar refractivity (Wildman–Crippen MR) is 101 cm³/mol. The first-order valence-electron chi connectivity index (χ1n) is 8.09. The van der Waals surface area contributed by atoms with Crippen LogP contribution < -0.4 is 20.9 Å². The van der Waals surface area contributed by atoms with Gasteiger partial charge in [-0.2, -0.15) is 17.9 Å². The molecule has 0 spiro atoms. The molecule has 11 heteroatoms. The van der Waals surface area contributed by atoms with Crippen LogP contribution in [0.2, 0.25) is 0 Å². The van der Waals surface area contributed by atoms with Crippen molar-refractivity contribution in [2.24, 2.45) is 0 Å². The molecule has 0 aliphatic carbocycles. The summed E-state index contributed by atoms with van der Waals surface area (Å²) in [5.74, 6) is 2.41. The summed E-state index contributed by atoms with van der Waals surface area (Å²) in [5, 5.41) is 5.14. The molecule has 0 saturated heterocycles. The van der Waals surface area contributed by atoms with E-state index in [2.05, 4.69) is 10.1 Å². The highest BCUT2D eigenvalue weighted by molar-refractivity contribution is 7.51. The van der Waals surface area contributed by atoms with Gasteiger partial charge in [-0.05, 0) is 35.9 Å². The summed E-state index contributed by atoms with van der Waals surface area (Å²) < 4.78 is 29.1. The van der Waals surface area contributed by atoms with Gasteiger partial charge in [0.05, 0.1) is 5.52 Å². The molecule has 142 valence electrons. The van der Waals surface area contributed by atoms with E-state index in [9.17, 15) is 0 Å². The summed E-state index contributed by atoms with van der Waals surface area (Å²) in [6.45, 7) is 0.246.